The van der Waals surface area contributed by atoms with Crippen LogP contribution in [0.3, 0.4) is 0 Å². The van der Waals surface area contributed by atoms with Crippen LogP contribution in [0.1, 0.15) is 22.6 Å². The Hall–Kier alpha value is -1.46. The quantitative estimate of drug-likeness (QED) is 0.738. The number of aliphatic hydroxyl groups is 1. The normalized spacial score (nSPS) is 10.6. The molecule has 0 saturated heterocycles. The maximum absolute atomic E-state index is 11.3. The van der Waals surface area contributed by atoms with Gasteiger partial charge in [0, 0.05) is 19.7 Å². The van der Waals surface area contributed by atoms with E-state index in [0.717, 1.165) is 18.7 Å². The zero-order valence-corrected chi connectivity index (χ0v) is 10.2. The van der Waals surface area contributed by atoms with Gasteiger partial charge in [0.1, 0.15) is 5.69 Å². The van der Waals surface area contributed by atoms with E-state index in [-0.39, 0.29) is 6.61 Å². The van der Waals surface area contributed by atoms with Crippen molar-refractivity contribution in [3.8, 4) is 0 Å². The number of nitrogens with zero attached hydrogens (tertiary/aromatic N) is 2. The second-order valence-electron chi connectivity index (χ2n) is 3.82. The lowest BCUT2D eigenvalue weighted by molar-refractivity contribution is 0.0593. The van der Waals surface area contributed by atoms with Crippen LogP contribution in [0.25, 0.3) is 0 Å². The van der Waals surface area contributed by atoms with Crippen molar-refractivity contribution in [2.75, 3.05) is 27.3 Å². The number of rotatable bonds is 6. The van der Waals surface area contributed by atoms with E-state index < -0.39 is 5.97 Å². The van der Waals surface area contributed by atoms with Crippen molar-refractivity contribution in [2.24, 2.45) is 0 Å². The van der Waals surface area contributed by atoms with Crippen LogP contribution in [-0.2, 0) is 11.3 Å². The van der Waals surface area contributed by atoms with Gasteiger partial charge in [-0.1, -0.05) is 6.07 Å². The summed E-state index contributed by atoms with van der Waals surface area (Å²) in [6, 6.07) is 5.28. The van der Waals surface area contributed by atoms with Crippen LogP contribution in [0.5, 0.6) is 0 Å². The first kappa shape index (κ1) is 13.6. The largest absolute Gasteiger partial charge is 0.464 e. The minimum Gasteiger partial charge on any atom is -0.464 e. The molecular formula is C12H18N2O3. The molecule has 0 radical (unpaired) electrons. The third-order valence-electron chi connectivity index (χ3n) is 2.33. The number of carbonyl (C=O) groups excluding carboxylic acids is 1. The molecule has 94 valence electrons. The number of carbonyl (C=O) groups is 1. The smallest absolute Gasteiger partial charge is 0.356 e. The number of hydrogen-bond donors (Lipinski definition) is 1. The van der Waals surface area contributed by atoms with E-state index in [1.807, 2.05) is 18.0 Å². The van der Waals surface area contributed by atoms with Crippen molar-refractivity contribution < 1.29 is 14.6 Å². The maximum Gasteiger partial charge on any atom is 0.356 e. The van der Waals surface area contributed by atoms with E-state index in [9.17, 15) is 4.79 Å². The summed E-state index contributed by atoms with van der Waals surface area (Å²) in [4.78, 5) is 17.5. The van der Waals surface area contributed by atoms with Gasteiger partial charge < -0.3 is 14.7 Å². The first-order valence-corrected chi connectivity index (χ1v) is 5.51. The molecule has 1 heterocycles. The third kappa shape index (κ3) is 4.50. The first-order valence-electron chi connectivity index (χ1n) is 5.51. The van der Waals surface area contributed by atoms with E-state index >= 15 is 0 Å². The molecular weight excluding hydrogens is 220 g/mol. The Morgan fingerprint density at radius 2 is 2.29 bits per heavy atom. The lowest BCUT2D eigenvalue weighted by atomic mass is 10.3. The molecule has 1 aromatic heterocycles. The predicted octanol–water partition coefficient (Wildman–Crippen LogP) is 0.682. The molecule has 0 fully saturated rings. The average molecular weight is 238 g/mol. The summed E-state index contributed by atoms with van der Waals surface area (Å²) in [5, 5.41) is 8.73. The summed E-state index contributed by atoms with van der Waals surface area (Å²) in [5.41, 5.74) is 1.13. The molecule has 0 atom stereocenters. The van der Waals surface area contributed by atoms with Gasteiger partial charge >= 0.3 is 5.97 Å². The second kappa shape index (κ2) is 6.98. The fourth-order valence-corrected chi connectivity index (χ4v) is 1.48. The van der Waals surface area contributed by atoms with Gasteiger partial charge in [-0.2, -0.15) is 0 Å². The zero-order chi connectivity index (χ0) is 12.7. The number of esters is 1. The van der Waals surface area contributed by atoms with E-state index in [4.69, 9.17) is 5.11 Å². The van der Waals surface area contributed by atoms with Crippen molar-refractivity contribution in [2.45, 2.75) is 13.0 Å². The molecule has 0 unspecified atom stereocenters. The standard InChI is InChI=1S/C12H18N2O3/c1-14(7-4-8-15)9-10-5-3-6-11(13-10)12(16)17-2/h3,5-6,15H,4,7-9H2,1-2H3. The average Bonchev–Trinajstić information content (AvgIpc) is 2.35. The third-order valence-corrected chi connectivity index (χ3v) is 2.33. The number of aliphatic hydroxyl groups excluding tert-OH is 1. The summed E-state index contributed by atoms with van der Waals surface area (Å²) in [7, 11) is 3.28. The number of ether oxygens (including phenoxy) is 1. The van der Waals surface area contributed by atoms with E-state index in [2.05, 4.69) is 9.72 Å². The second-order valence-corrected chi connectivity index (χ2v) is 3.82. The summed E-state index contributed by atoms with van der Waals surface area (Å²) >= 11 is 0. The van der Waals surface area contributed by atoms with Crippen LogP contribution in [0.15, 0.2) is 18.2 Å². The summed E-state index contributed by atoms with van der Waals surface area (Å²) in [6.07, 6.45) is 0.729. The lowest BCUT2D eigenvalue weighted by Gasteiger charge is -2.15. The Kier molecular flexibility index (Phi) is 5.59. The molecule has 1 N–H and O–H groups in total. The fourth-order valence-electron chi connectivity index (χ4n) is 1.48. The van der Waals surface area contributed by atoms with Gasteiger partial charge in [-0.05, 0) is 25.6 Å². The van der Waals surface area contributed by atoms with Gasteiger partial charge in [-0.15, -0.1) is 0 Å². The van der Waals surface area contributed by atoms with Crippen LogP contribution < -0.4 is 0 Å². The zero-order valence-electron chi connectivity index (χ0n) is 10.2. The highest BCUT2D eigenvalue weighted by Gasteiger charge is 2.08. The van der Waals surface area contributed by atoms with Crippen molar-refractivity contribution in [1.82, 2.24) is 9.88 Å². The lowest BCUT2D eigenvalue weighted by Crippen LogP contribution is -2.21. The molecule has 0 spiro atoms. The number of aromatic nitrogens is 1. The van der Waals surface area contributed by atoms with Gasteiger partial charge in [0.2, 0.25) is 0 Å². The van der Waals surface area contributed by atoms with Gasteiger partial charge in [0.15, 0.2) is 0 Å². The Labute approximate surface area is 101 Å². The maximum atomic E-state index is 11.3. The van der Waals surface area contributed by atoms with Crippen molar-refractivity contribution in [3.63, 3.8) is 0 Å². The fraction of sp³-hybridized carbons (Fsp3) is 0.500. The van der Waals surface area contributed by atoms with E-state index in [1.165, 1.54) is 7.11 Å². The SMILES string of the molecule is COC(=O)c1cccc(CN(C)CCCO)n1. The molecule has 1 aromatic rings. The van der Waals surface area contributed by atoms with Crippen molar-refractivity contribution in [1.29, 1.82) is 0 Å². The van der Waals surface area contributed by atoms with Crippen LogP contribution in [0, 0.1) is 0 Å². The first-order chi connectivity index (χ1) is 8.17. The van der Waals surface area contributed by atoms with Crippen LogP contribution in [-0.4, -0.2) is 48.3 Å². The topological polar surface area (TPSA) is 62.7 Å². The van der Waals surface area contributed by atoms with E-state index in [0.29, 0.717) is 12.2 Å². The monoisotopic (exact) mass is 238 g/mol. The van der Waals surface area contributed by atoms with Crippen LogP contribution >= 0.6 is 0 Å². The number of pyridine rings is 1. The molecule has 0 aliphatic rings. The summed E-state index contributed by atoms with van der Waals surface area (Å²) < 4.78 is 4.61. The predicted molar refractivity (Wildman–Crippen MR) is 63.6 cm³/mol. The Morgan fingerprint density at radius 3 is 2.94 bits per heavy atom. The highest BCUT2D eigenvalue weighted by Crippen LogP contribution is 2.04. The highest BCUT2D eigenvalue weighted by atomic mass is 16.5. The van der Waals surface area contributed by atoms with Crippen molar-refractivity contribution >= 4 is 5.97 Å². The summed E-state index contributed by atoms with van der Waals surface area (Å²) in [5.74, 6) is -0.426. The van der Waals surface area contributed by atoms with E-state index in [1.54, 1.807) is 12.1 Å². The molecule has 5 heteroatoms. The number of methoxy groups -OCH3 is 1. The summed E-state index contributed by atoms with van der Waals surface area (Å²) in [6.45, 7) is 1.62. The molecule has 0 bridgehead atoms. The molecule has 0 aliphatic heterocycles. The Balaban J connectivity index is 2.62. The molecule has 0 amide bonds. The van der Waals surface area contributed by atoms with Crippen LogP contribution in [0.2, 0.25) is 0 Å². The minimum absolute atomic E-state index is 0.181. The van der Waals surface area contributed by atoms with Crippen LogP contribution in [0.4, 0.5) is 0 Å². The van der Waals surface area contributed by atoms with Gasteiger partial charge in [0.25, 0.3) is 0 Å². The van der Waals surface area contributed by atoms with Gasteiger partial charge in [-0.3, -0.25) is 0 Å². The van der Waals surface area contributed by atoms with Gasteiger partial charge in [0.05, 0.1) is 12.8 Å². The molecule has 5 nitrogen and oxygen atoms in total. The Bertz CT molecular complexity index is 369. The molecule has 0 aliphatic carbocycles. The molecule has 17 heavy (non-hydrogen) atoms. The number of hydrogen-bond acceptors (Lipinski definition) is 5. The Morgan fingerprint density at radius 1 is 1.53 bits per heavy atom. The molecule has 0 saturated carbocycles. The van der Waals surface area contributed by atoms with Gasteiger partial charge in [-0.25, -0.2) is 9.78 Å². The highest BCUT2D eigenvalue weighted by molar-refractivity contribution is 5.87. The molecule has 0 aromatic carbocycles. The van der Waals surface area contributed by atoms with Crippen molar-refractivity contribution in [3.05, 3.63) is 29.6 Å². The molecule has 1 rings (SSSR count). The minimum atomic E-state index is -0.426.